The molecule has 5 nitrogen and oxygen atoms in total. The lowest BCUT2D eigenvalue weighted by Gasteiger charge is -2.30. The third-order valence-corrected chi connectivity index (χ3v) is 2.91. The number of ether oxygens (including phenoxy) is 1. The Kier molecular flexibility index (Phi) is 5.76. The van der Waals surface area contributed by atoms with Gasteiger partial charge in [-0.2, -0.15) is 0 Å². The molecule has 5 heteroatoms. The zero-order valence-electron chi connectivity index (χ0n) is 12.0. The fourth-order valence-corrected chi connectivity index (χ4v) is 1.96. The van der Waals surface area contributed by atoms with Crippen LogP contribution in [0, 0.1) is 0 Å². The highest BCUT2D eigenvalue weighted by Gasteiger charge is 2.13. The Morgan fingerprint density at radius 1 is 1.32 bits per heavy atom. The van der Waals surface area contributed by atoms with Gasteiger partial charge in [-0.1, -0.05) is 0 Å². The van der Waals surface area contributed by atoms with Gasteiger partial charge in [0.15, 0.2) is 0 Å². The molecule has 0 aromatic carbocycles. The van der Waals surface area contributed by atoms with E-state index in [9.17, 15) is 4.79 Å². The largest absolute Gasteiger partial charge is 0.478 e. The van der Waals surface area contributed by atoms with Crippen molar-refractivity contribution < 1.29 is 14.6 Å². The maximum absolute atomic E-state index is 10.7. The third kappa shape index (κ3) is 4.87. The summed E-state index contributed by atoms with van der Waals surface area (Å²) >= 11 is 0. The fraction of sp³-hybridized carbons (Fsp3) is 0.571. The van der Waals surface area contributed by atoms with Crippen molar-refractivity contribution in [1.82, 2.24) is 9.88 Å². The molecule has 0 aliphatic carbocycles. The van der Waals surface area contributed by atoms with E-state index in [-0.39, 0.29) is 5.56 Å². The minimum Gasteiger partial charge on any atom is -0.478 e. The van der Waals surface area contributed by atoms with Gasteiger partial charge in [0.2, 0.25) is 5.88 Å². The number of carboxylic acid groups (broad SMARTS) is 1. The standard InChI is InChI=1S/C14H22N2O3/c1-10(2)16(11(3)4)7-8-19-13-6-5-12(9-15-13)14(17)18/h5-6,9-11H,7-8H2,1-4H3,(H,17,18). The second-order valence-corrected chi connectivity index (χ2v) is 4.96. The van der Waals surface area contributed by atoms with Crippen molar-refractivity contribution in [3.8, 4) is 5.88 Å². The lowest BCUT2D eigenvalue weighted by Crippen LogP contribution is -2.39. The molecular weight excluding hydrogens is 244 g/mol. The van der Waals surface area contributed by atoms with Crippen molar-refractivity contribution in [2.24, 2.45) is 0 Å². The van der Waals surface area contributed by atoms with Gasteiger partial charge in [0.05, 0.1) is 5.56 Å². The Morgan fingerprint density at radius 2 is 1.95 bits per heavy atom. The first kappa shape index (κ1) is 15.4. The molecule has 0 aliphatic heterocycles. The van der Waals surface area contributed by atoms with Gasteiger partial charge in [0.25, 0.3) is 0 Å². The lowest BCUT2D eigenvalue weighted by atomic mass is 10.2. The molecule has 19 heavy (non-hydrogen) atoms. The van der Waals surface area contributed by atoms with Crippen LogP contribution < -0.4 is 4.74 Å². The number of carboxylic acids is 1. The molecule has 0 saturated carbocycles. The highest BCUT2D eigenvalue weighted by molar-refractivity contribution is 5.87. The van der Waals surface area contributed by atoms with Gasteiger partial charge in [-0.15, -0.1) is 0 Å². The van der Waals surface area contributed by atoms with Crippen molar-refractivity contribution in [3.63, 3.8) is 0 Å². The molecule has 0 bridgehead atoms. The number of rotatable bonds is 7. The molecule has 1 N–H and O–H groups in total. The Balaban J connectivity index is 2.46. The third-order valence-electron chi connectivity index (χ3n) is 2.91. The first-order valence-electron chi connectivity index (χ1n) is 6.49. The van der Waals surface area contributed by atoms with E-state index in [1.807, 2.05) is 0 Å². The summed E-state index contributed by atoms with van der Waals surface area (Å²) < 4.78 is 5.53. The van der Waals surface area contributed by atoms with Crippen molar-refractivity contribution in [1.29, 1.82) is 0 Å². The number of hydrogen-bond acceptors (Lipinski definition) is 4. The van der Waals surface area contributed by atoms with Gasteiger partial charge in [0.1, 0.15) is 6.61 Å². The molecule has 0 spiro atoms. The number of nitrogens with zero attached hydrogens (tertiary/aromatic N) is 2. The lowest BCUT2D eigenvalue weighted by molar-refractivity contribution is 0.0696. The molecular formula is C14H22N2O3. The zero-order valence-corrected chi connectivity index (χ0v) is 12.0. The summed E-state index contributed by atoms with van der Waals surface area (Å²) in [5.41, 5.74) is 0.165. The van der Waals surface area contributed by atoms with E-state index in [4.69, 9.17) is 9.84 Å². The average Bonchev–Trinajstić information content (AvgIpc) is 2.34. The molecule has 0 amide bonds. The second-order valence-electron chi connectivity index (χ2n) is 4.96. The fourth-order valence-electron chi connectivity index (χ4n) is 1.96. The van der Waals surface area contributed by atoms with Gasteiger partial charge >= 0.3 is 5.97 Å². The van der Waals surface area contributed by atoms with E-state index in [0.717, 1.165) is 6.54 Å². The molecule has 1 aromatic rings. The molecule has 0 saturated heterocycles. The quantitative estimate of drug-likeness (QED) is 0.820. The van der Waals surface area contributed by atoms with Gasteiger partial charge in [-0.3, -0.25) is 4.90 Å². The molecule has 0 aliphatic rings. The van der Waals surface area contributed by atoms with Crippen LogP contribution in [0.25, 0.3) is 0 Å². The molecule has 0 unspecified atom stereocenters. The number of pyridine rings is 1. The Labute approximate surface area is 114 Å². The first-order valence-corrected chi connectivity index (χ1v) is 6.49. The van der Waals surface area contributed by atoms with Crippen LogP contribution in [-0.4, -0.2) is 46.2 Å². The smallest absolute Gasteiger partial charge is 0.337 e. The molecule has 1 aromatic heterocycles. The minimum atomic E-state index is -0.982. The van der Waals surface area contributed by atoms with Crippen molar-refractivity contribution in [2.45, 2.75) is 39.8 Å². The normalized spacial score (nSPS) is 11.3. The number of hydrogen-bond donors (Lipinski definition) is 1. The Bertz CT molecular complexity index is 394. The van der Waals surface area contributed by atoms with Gasteiger partial charge in [-0.05, 0) is 33.8 Å². The predicted octanol–water partition coefficient (Wildman–Crippen LogP) is 2.28. The van der Waals surface area contributed by atoms with E-state index in [0.29, 0.717) is 24.6 Å². The van der Waals surface area contributed by atoms with Gasteiger partial charge < -0.3 is 9.84 Å². The zero-order chi connectivity index (χ0) is 14.4. The highest BCUT2D eigenvalue weighted by Crippen LogP contribution is 2.09. The van der Waals surface area contributed by atoms with Crippen LogP contribution in [0.4, 0.5) is 0 Å². The molecule has 106 valence electrons. The van der Waals surface area contributed by atoms with E-state index in [1.165, 1.54) is 12.3 Å². The maximum Gasteiger partial charge on any atom is 0.337 e. The molecule has 0 radical (unpaired) electrons. The topological polar surface area (TPSA) is 62.7 Å². The second kappa shape index (κ2) is 7.09. The predicted molar refractivity (Wildman–Crippen MR) is 73.7 cm³/mol. The first-order chi connectivity index (χ1) is 8.91. The SMILES string of the molecule is CC(C)N(CCOc1ccc(C(=O)O)cn1)C(C)C. The Morgan fingerprint density at radius 3 is 2.37 bits per heavy atom. The van der Waals surface area contributed by atoms with E-state index < -0.39 is 5.97 Å². The van der Waals surface area contributed by atoms with Crippen LogP contribution in [0.1, 0.15) is 38.1 Å². The summed E-state index contributed by atoms with van der Waals surface area (Å²) in [6, 6.07) is 4.00. The van der Waals surface area contributed by atoms with Crippen molar-refractivity contribution >= 4 is 5.97 Å². The maximum atomic E-state index is 10.7. The van der Waals surface area contributed by atoms with E-state index in [2.05, 4.69) is 37.6 Å². The van der Waals surface area contributed by atoms with Crippen molar-refractivity contribution in [3.05, 3.63) is 23.9 Å². The van der Waals surface area contributed by atoms with Crippen LogP contribution in [0.2, 0.25) is 0 Å². The van der Waals surface area contributed by atoms with Crippen molar-refractivity contribution in [2.75, 3.05) is 13.2 Å². The highest BCUT2D eigenvalue weighted by atomic mass is 16.5. The molecule has 1 rings (SSSR count). The Hall–Kier alpha value is -1.62. The summed E-state index contributed by atoms with van der Waals surface area (Å²) in [6.45, 7) is 9.97. The van der Waals surface area contributed by atoms with E-state index in [1.54, 1.807) is 6.07 Å². The van der Waals surface area contributed by atoms with Crippen LogP contribution in [-0.2, 0) is 0 Å². The van der Waals surface area contributed by atoms with Gasteiger partial charge in [0, 0.05) is 30.9 Å². The molecule has 1 heterocycles. The number of aromatic nitrogens is 1. The van der Waals surface area contributed by atoms with Crippen LogP contribution in [0.15, 0.2) is 18.3 Å². The van der Waals surface area contributed by atoms with Crippen LogP contribution in [0.3, 0.4) is 0 Å². The monoisotopic (exact) mass is 266 g/mol. The summed E-state index contributed by atoms with van der Waals surface area (Å²) in [5.74, 6) is -0.526. The van der Waals surface area contributed by atoms with Gasteiger partial charge in [-0.25, -0.2) is 9.78 Å². The summed E-state index contributed by atoms with van der Waals surface area (Å²) in [4.78, 5) is 17.0. The molecule has 0 atom stereocenters. The molecule has 0 fully saturated rings. The number of carbonyl (C=O) groups is 1. The van der Waals surface area contributed by atoms with E-state index >= 15 is 0 Å². The summed E-state index contributed by atoms with van der Waals surface area (Å²) in [6.07, 6.45) is 1.31. The van der Waals surface area contributed by atoms with Crippen LogP contribution >= 0.6 is 0 Å². The average molecular weight is 266 g/mol. The summed E-state index contributed by atoms with van der Waals surface area (Å²) in [7, 11) is 0. The van der Waals surface area contributed by atoms with Crippen LogP contribution in [0.5, 0.6) is 5.88 Å². The minimum absolute atomic E-state index is 0.165. The summed E-state index contributed by atoms with van der Waals surface area (Å²) in [5, 5.41) is 8.76. The number of aromatic carboxylic acids is 1.